The Bertz CT molecular complexity index is 1430. The first-order valence-corrected chi connectivity index (χ1v) is 10.7. The van der Waals surface area contributed by atoms with Crippen LogP contribution in [0.5, 0.6) is 11.5 Å². The van der Waals surface area contributed by atoms with Gasteiger partial charge in [-0.1, -0.05) is 11.6 Å². The summed E-state index contributed by atoms with van der Waals surface area (Å²) in [5, 5.41) is 1.73. The highest BCUT2D eigenvalue weighted by molar-refractivity contribution is 6.31. The Hall–Kier alpha value is -3.65. The summed E-state index contributed by atoms with van der Waals surface area (Å²) in [6.45, 7) is 4.21. The van der Waals surface area contributed by atoms with Crippen molar-refractivity contribution in [2.75, 3.05) is 20.8 Å². The highest BCUT2D eigenvalue weighted by atomic mass is 35.5. The van der Waals surface area contributed by atoms with E-state index in [9.17, 15) is 9.59 Å². The lowest BCUT2D eigenvalue weighted by Gasteiger charge is -2.21. The van der Waals surface area contributed by atoms with E-state index < -0.39 is 0 Å². The van der Waals surface area contributed by atoms with Crippen molar-refractivity contribution in [1.29, 1.82) is 0 Å². The normalized spacial score (nSPS) is 11.1. The van der Waals surface area contributed by atoms with Crippen LogP contribution in [-0.4, -0.2) is 46.5 Å². The molecule has 0 aliphatic heterocycles. The zero-order chi connectivity index (χ0) is 23.7. The van der Waals surface area contributed by atoms with Crippen LogP contribution in [0.2, 0.25) is 5.02 Å². The number of benzene rings is 2. The molecule has 33 heavy (non-hydrogen) atoms. The number of hydrogen-bond donors (Lipinski definition) is 1. The molecule has 9 heteroatoms. The molecule has 8 nitrogen and oxygen atoms in total. The number of rotatable bonds is 6. The third-order valence-electron chi connectivity index (χ3n) is 5.47. The standard InChI is InChI=1S/C24H23ClN4O4/c1-5-29(24(31)16-9-14-8-15(25)6-7-18(14)26-13(16)2)12-22-27-19-11-21(33-4)20(32-3)10-17(19)23(30)28-22/h6-11H,5,12H2,1-4H3,(H,27,28,30). The van der Waals surface area contributed by atoms with Gasteiger partial charge in [0, 0.05) is 23.0 Å². The van der Waals surface area contributed by atoms with Gasteiger partial charge in [-0.05, 0) is 44.2 Å². The average Bonchev–Trinajstić information content (AvgIpc) is 2.81. The number of methoxy groups -OCH3 is 2. The van der Waals surface area contributed by atoms with Crippen molar-refractivity contribution in [2.24, 2.45) is 0 Å². The molecule has 1 amide bonds. The third kappa shape index (κ3) is 4.34. The van der Waals surface area contributed by atoms with Crippen molar-refractivity contribution in [3.63, 3.8) is 0 Å². The minimum Gasteiger partial charge on any atom is -0.493 e. The second kappa shape index (κ2) is 9.07. The van der Waals surface area contributed by atoms with Gasteiger partial charge in [-0.2, -0.15) is 0 Å². The first-order valence-electron chi connectivity index (χ1n) is 10.4. The van der Waals surface area contributed by atoms with Crippen LogP contribution in [0, 0.1) is 6.92 Å². The van der Waals surface area contributed by atoms with Crippen LogP contribution in [-0.2, 0) is 6.54 Å². The molecule has 0 radical (unpaired) electrons. The summed E-state index contributed by atoms with van der Waals surface area (Å²) in [6, 6.07) is 10.4. The highest BCUT2D eigenvalue weighted by Gasteiger charge is 2.20. The van der Waals surface area contributed by atoms with Gasteiger partial charge in [-0.15, -0.1) is 0 Å². The first-order chi connectivity index (χ1) is 15.8. The van der Waals surface area contributed by atoms with Crippen LogP contribution in [0.1, 0.15) is 28.8 Å². The van der Waals surface area contributed by atoms with Crippen molar-refractivity contribution in [3.8, 4) is 11.5 Å². The van der Waals surface area contributed by atoms with Gasteiger partial charge in [-0.25, -0.2) is 4.98 Å². The van der Waals surface area contributed by atoms with E-state index in [0.717, 1.165) is 10.9 Å². The molecule has 1 N–H and O–H groups in total. The smallest absolute Gasteiger partial charge is 0.258 e. The fourth-order valence-corrected chi connectivity index (χ4v) is 3.91. The lowest BCUT2D eigenvalue weighted by atomic mass is 10.1. The van der Waals surface area contributed by atoms with Crippen LogP contribution in [0.15, 0.2) is 41.2 Å². The predicted octanol–water partition coefficient (Wildman–Crippen LogP) is 4.11. The molecule has 0 atom stereocenters. The molecule has 2 aromatic carbocycles. The maximum absolute atomic E-state index is 13.4. The zero-order valence-corrected chi connectivity index (χ0v) is 19.5. The van der Waals surface area contributed by atoms with Gasteiger partial charge in [0.05, 0.1) is 48.4 Å². The van der Waals surface area contributed by atoms with Crippen molar-refractivity contribution >= 4 is 39.3 Å². The molecule has 0 aliphatic carbocycles. The van der Waals surface area contributed by atoms with E-state index in [0.29, 0.717) is 51.1 Å². The number of nitrogens with zero attached hydrogens (tertiary/aromatic N) is 3. The highest BCUT2D eigenvalue weighted by Crippen LogP contribution is 2.30. The summed E-state index contributed by atoms with van der Waals surface area (Å²) < 4.78 is 10.6. The first kappa shape index (κ1) is 22.5. The van der Waals surface area contributed by atoms with Gasteiger partial charge in [0.1, 0.15) is 5.82 Å². The van der Waals surface area contributed by atoms with Crippen LogP contribution >= 0.6 is 11.6 Å². The summed E-state index contributed by atoms with van der Waals surface area (Å²) in [6.07, 6.45) is 0. The van der Waals surface area contributed by atoms with E-state index in [2.05, 4.69) is 15.0 Å². The molecule has 0 aliphatic rings. The Labute approximate surface area is 195 Å². The predicted molar refractivity (Wildman–Crippen MR) is 127 cm³/mol. The topological polar surface area (TPSA) is 97.4 Å². The molecule has 170 valence electrons. The van der Waals surface area contributed by atoms with E-state index in [1.54, 1.807) is 42.2 Å². The van der Waals surface area contributed by atoms with Gasteiger partial charge in [0.15, 0.2) is 11.5 Å². The van der Waals surface area contributed by atoms with Crippen LogP contribution in [0.25, 0.3) is 21.8 Å². The van der Waals surface area contributed by atoms with Crippen LogP contribution < -0.4 is 15.0 Å². The zero-order valence-electron chi connectivity index (χ0n) is 18.7. The molecular formula is C24H23ClN4O4. The van der Waals surface area contributed by atoms with Gasteiger partial charge < -0.3 is 19.4 Å². The Morgan fingerprint density at radius 1 is 1.06 bits per heavy atom. The van der Waals surface area contributed by atoms with Crippen molar-refractivity contribution in [2.45, 2.75) is 20.4 Å². The molecule has 0 saturated heterocycles. The van der Waals surface area contributed by atoms with E-state index in [4.69, 9.17) is 21.1 Å². The minimum absolute atomic E-state index is 0.127. The molecule has 2 heterocycles. The number of pyridine rings is 1. The van der Waals surface area contributed by atoms with Gasteiger partial charge >= 0.3 is 0 Å². The number of carbonyl (C=O) groups is 1. The maximum atomic E-state index is 13.4. The molecular weight excluding hydrogens is 444 g/mol. The van der Waals surface area contributed by atoms with Gasteiger partial charge in [-0.3, -0.25) is 14.6 Å². The monoisotopic (exact) mass is 466 g/mol. The number of nitrogens with one attached hydrogen (secondary N) is 1. The molecule has 4 rings (SSSR count). The fraction of sp³-hybridized carbons (Fsp3) is 0.250. The maximum Gasteiger partial charge on any atom is 0.258 e. The molecule has 0 unspecified atom stereocenters. The molecule has 0 saturated carbocycles. The van der Waals surface area contributed by atoms with Crippen molar-refractivity contribution < 1.29 is 14.3 Å². The molecule has 0 spiro atoms. The second-order valence-corrected chi connectivity index (χ2v) is 7.95. The summed E-state index contributed by atoms with van der Waals surface area (Å²) >= 11 is 6.11. The number of H-pyrrole nitrogens is 1. The van der Waals surface area contributed by atoms with Crippen molar-refractivity contribution in [1.82, 2.24) is 19.9 Å². The lowest BCUT2D eigenvalue weighted by molar-refractivity contribution is 0.0747. The summed E-state index contributed by atoms with van der Waals surface area (Å²) in [5.74, 6) is 1.06. The number of aryl methyl sites for hydroxylation is 1. The number of carbonyl (C=O) groups excluding carboxylic acids is 1. The largest absolute Gasteiger partial charge is 0.493 e. The third-order valence-corrected chi connectivity index (χ3v) is 5.70. The number of hydrogen-bond acceptors (Lipinski definition) is 6. The summed E-state index contributed by atoms with van der Waals surface area (Å²) in [7, 11) is 3.02. The number of aromatic amines is 1. The van der Waals surface area contributed by atoms with Crippen LogP contribution in [0.4, 0.5) is 0 Å². The number of aromatic nitrogens is 3. The molecule has 0 bridgehead atoms. The second-order valence-electron chi connectivity index (χ2n) is 7.51. The fourth-order valence-electron chi connectivity index (χ4n) is 3.73. The molecule has 4 aromatic rings. The number of halogens is 1. The Morgan fingerprint density at radius 2 is 1.79 bits per heavy atom. The Morgan fingerprint density at radius 3 is 2.48 bits per heavy atom. The van der Waals surface area contributed by atoms with E-state index in [1.165, 1.54) is 14.2 Å². The van der Waals surface area contributed by atoms with E-state index in [-0.39, 0.29) is 18.0 Å². The Balaban J connectivity index is 1.70. The average molecular weight is 467 g/mol. The van der Waals surface area contributed by atoms with E-state index >= 15 is 0 Å². The summed E-state index contributed by atoms with van der Waals surface area (Å²) in [5.41, 5.74) is 1.98. The lowest BCUT2D eigenvalue weighted by Crippen LogP contribution is -2.32. The number of amides is 1. The quantitative estimate of drug-likeness (QED) is 0.459. The van der Waals surface area contributed by atoms with Crippen molar-refractivity contribution in [3.05, 3.63) is 68.9 Å². The molecule has 0 fully saturated rings. The van der Waals surface area contributed by atoms with Crippen LogP contribution in [0.3, 0.4) is 0 Å². The molecule has 2 aromatic heterocycles. The SMILES string of the molecule is CCN(Cc1nc2cc(OC)c(OC)cc2c(=O)[nH]1)C(=O)c1cc2cc(Cl)ccc2nc1C. The number of ether oxygens (including phenoxy) is 2. The Kier molecular flexibility index (Phi) is 6.20. The van der Waals surface area contributed by atoms with Gasteiger partial charge in [0.2, 0.25) is 0 Å². The summed E-state index contributed by atoms with van der Waals surface area (Å²) in [4.78, 5) is 39.5. The van der Waals surface area contributed by atoms with Gasteiger partial charge in [0.25, 0.3) is 11.5 Å². The minimum atomic E-state index is -0.322. The van der Waals surface area contributed by atoms with E-state index in [1.807, 2.05) is 13.0 Å². The number of fused-ring (bicyclic) bond motifs is 2.